The Morgan fingerprint density at radius 3 is 2.75 bits per heavy atom. The molecule has 2 N–H and O–H groups in total. The molecule has 0 amide bonds. The second-order valence-electron chi connectivity index (χ2n) is 3.25. The van der Waals surface area contributed by atoms with Crippen LogP contribution in [0.3, 0.4) is 0 Å². The van der Waals surface area contributed by atoms with Gasteiger partial charge in [0.25, 0.3) is 0 Å². The first-order chi connectivity index (χ1) is 7.54. The minimum Gasteiger partial charge on any atom is -0.508 e. The van der Waals surface area contributed by atoms with E-state index in [-0.39, 0.29) is 17.7 Å². The van der Waals surface area contributed by atoms with Crippen molar-refractivity contribution < 1.29 is 19.4 Å². The fraction of sp³-hybridized carbons (Fsp3) is 0.250. The molecule has 0 unspecified atom stereocenters. The number of benzene rings is 1. The third-order valence-corrected chi connectivity index (χ3v) is 2.06. The molecule has 1 rings (SSSR count). The van der Waals surface area contributed by atoms with Crippen LogP contribution < -0.4 is 0 Å². The first-order valence-electron chi connectivity index (χ1n) is 4.67. The van der Waals surface area contributed by atoms with E-state index in [0.29, 0.717) is 0 Å². The SMILES string of the molecule is CC#C[C@H](CC(=O)O)c1ccc(O)cc1F. The molecular weight excluding hydrogens is 211 g/mol. The van der Waals surface area contributed by atoms with Crippen molar-refractivity contribution in [3.8, 4) is 17.6 Å². The number of hydrogen-bond donors (Lipinski definition) is 2. The number of carboxylic acids is 1. The minimum atomic E-state index is -1.04. The molecule has 0 aliphatic carbocycles. The van der Waals surface area contributed by atoms with Gasteiger partial charge in [-0.3, -0.25) is 4.79 Å². The highest BCUT2D eigenvalue weighted by Crippen LogP contribution is 2.24. The van der Waals surface area contributed by atoms with Crippen LogP contribution in [0.4, 0.5) is 4.39 Å². The van der Waals surface area contributed by atoms with Gasteiger partial charge in [-0.15, -0.1) is 5.92 Å². The van der Waals surface area contributed by atoms with Gasteiger partial charge in [-0.05, 0) is 13.0 Å². The molecule has 0 heterocycles. The van der Waals surface area contributed by atoms with Crippen LogP contribution in [0.2, 0.25) is 0 Å². The summed E-state index contributed by atoms with van der Waals surface area (Å²) in [5.41, 5.74) is 0.189. The molecule has 3 nitrogen and oxygen atoms in total. The maximum Gasteiger partial charge on any atom is 0.304 e. The molecule has 1 aromatic rings. The summed E-state index contributed by atoms with van der Waals surface area (Å²) in [7, 11) is 0. The molecule has 16 heavy (non-hydrogen) atoms. The Hall–Kier alpha value is -2.02. The highest BCUT2D eigenvalue weighted by molar-refractivity contribution is 5.69. The largest absolute Gasteiger partial charge is 0.508 e. The van der Waals surface area contributed by atoms with Crippen molar-refractivity contribution in [1.82, 2.24) is 0 Å². The lowest BCUT2D eigenvalue weighted by Gasteiger charge is -2.09. The molecule has 0 radical (unpaired) electrons. The Bertz CT molecular complexity index is 457. The van der Waals surface area contributed by atoms with E-state index in [2.05, 4.69) is 11.8 Å². The molecule has 0 aliphatic heterocycles. The summed E-state index contributed by atoms with van der Waals surface area (Å²) >= 11 is 0. The van der Waals surface area contributed by atoms with Crippen LogP contribution in [-0.2, 0) is 4.79 Å². The molecule has 0 aliphatic rings. The number of hydrogen-bond acceptors (Lipinski definition) is 2. The maximum atomic E-state index is 13.5. The normalized spacial score (nSPS) is 11.4. The Morgan fingerprint density at radius 2 is 2.25 bits per heavy atom. The lowest BCUT2D eigenvalue weighted by atomic mass is 9.95. The standard InChI is InChI=1S/C12H11FO3/c1-2-3-8(6-12(15)16)10-5-4-9(14)7-11(10)13/h4-5,7-8,14H,6H2,1H3,(H,15,16)/t8-/m1/s1. The molecule has 0 aromatic heterocycles. The predicted molar refractivity (Wildman–Crippen MR) is 56.5 cm³/mol. The Balaban J connectivity index is 3.08. The summed E-state index contributed by atoms with van der Waals surface area (Å²) in [4.78, 5) is 10.6. The summed E-state index contributed by atoms with van der Waals surface area (Å²) in [5.74, 6) is 2.64. The summed E-state index contributed by atoms with van der Waals surface area (Å²) in [6.07, 6.45) is -0.261. The highest BCUT2D eigenvalue weighted by Gasteiger charge is 2.17. The number of carboxylic acid groups (broad SMARTS) is 1. The van der Waals surface area contributed by atoms with Crippen LogP contribution in [0.5, 0.6) is 5.75 Å². The van der Waals surface area contributed by atoms with Crippen LogP contribution >= 0.6 is 0 Å². The zero-order valence-corrected chi connectivity index (χ0v) is 8.70. The number of carbonyl (C=O) groups is 1. The van der Waals surface area contributed by atoms with Crippen molar-refractivity contribution >= 4 is 5.97 Å². The van der Waals surface area contributed by atoms with E-state index in [1.165, 1.54) is 12.1 Å². The molecular formula is C12H11FO3. The van der Waals surface area contributed by atoms with Gasteiger partial charge in [-0.25, -0.2) is 4.39 Å². The van der Waals surface area contributed by atoms with Gasteiger partial charge in [0.2, 0.25) is 0 Å². The van der Waals surface area contributed by atoms with Gasteiger partial charge >= 0.3 is 5.97 Å². The predicted octanol–water partition coefficient (Wildman–Crippen LogP) is 2.11. The summed E-state index contributed by atoms with van der Waals surface area (Å²) < 4.78 is 13.5. The van der Waals surface area contributed by atoms with Crippen LogP contribution in [0.1, 0.15) is 24.8 Å². The second kappa shape index (κ2) is 5.17. The maximum absolute atomic E-state index is 13.5. The quantitative estimate of drug-likeness (QED) is 0.770. The minimum absolute atomic E-state index is 0.189. The van der Waals surface area contributed by atoms with Crippen molar-refractivity contribution in [3.63, 3.8) is 0 Å². The van der Waals surface area contributed by atoms with Gasteiger partial charge in [-0.2, -0.15) is 0 Å². The van der Waals surface area contributed by atoms with E-state index in [0.717, 1.165) is 6.07 Å². The summed E-state index contributed by atoms with van der Waals surface area (Å²) in [5, 5.41) is 17.7. The van der Waals surface area contributed by atoms with Crippen molar-refractivity contribution in [2.45, 2.75) is 19.3 Å². The Morgan fingerprint density at radius 1 is 1.56 bits per heavy atom. The zero-order chi connectivity index (χ0) is 12.1. The molecule has 0 saturated heterocycles. The Kier molecular flexibility index (Phi) is 3.90. The molecule has 0 saturated carbocycles. The molecule has 1 atom stereocenters. The third-order valence-electron chi connectivity index (χ3n) is 2.06. The zero-order valence-electron chi connectivity index (χ0n) is 8.70. The van der Waals surface area contributed by atoms with Crippen LogP contribution in [0, 0.1) is 17.7 Å². The van der Waals surface area contributed by atoms with Gasteiger partial charge in [0, 0.05) is 11.6 Å². The molecule has 84 valence electrons. The van der Waals surface area contributed by atoms with Crippen molar-refractivity contribution in [1.29, 1.82) is 0 Å². The van der Waals surface area contributed by atoms with Gasteiger partial charge in [0.05, 0.1) is 12.3 Å². The van der Waals surface area contributed by atoms with E-state index in [4.69, 9.17) is 10.2 Å². The number of aliphatic carboxylic acids is 1. The summed E-state index contributed by atoms with van der Waals surface area (Å²) in [6, 6.07) is 3.61. The lowest BCUT2D eigenvalue weighted by Crippen LogP contribution is -2.06. The van der Waals surface area contributed by atoms with Crippen LogP contribution in [0.15, 0.2) is 18.2 Å². The van der Waals surface area contributed by atoms with Crippen LogP contribution in [-0.4, -0.2) is 16.2 Å². The van der Waals surface area contributed by atoms with Gasteiger partial charge in [0.15, 0.2) is 0 Å². The fourth-order valence-electron chi connectivity index (χ4n) is 1.39. The van der Waals surface area contributed by atoms with E-state index in [9.17, 15) is 9.18 Å². The first-order valence-corrected chi connectivity index (χ1v) is 4.67. The third kappa shape index (κ3) is 2.99. The van der Waals surface area contributed by atoms with Gasteiger partial charge in [-0.1, -0.05) is 12.0 Å². The topological polar surface area (TPSA) is 57.5 Å². The van der Waals surface area contributed by atoms with Crippen molar-refractivity contribution in [2.24, 2.45) is 0 Å². The first kappa shape index (κ1) is 12.1. The number of phenols is 1. The smallest absolute Gasteiger partial charge is 0.304 e. The highest BCUT2D eigenvalue weighted by atomic mass is 19.1. The van der Waals surface area contributed by atoms with Crippen molar-refractivity contribution in [3.05, 3.63) is 29.6 Å². The summed E-state index contributed by atoms with van der Waals surface area (Å²) in [6.45, 7) is 1.56. The molecule has 4 heteroatoms. The van der Waals surface area contributed by atoms with Crippen LogP contribution in [0.25, 0.3) is 0 Å². The van der Waals surface area contributed by atoms with E-state index >= 15 is 0 Å². The molecule has 0 fully saturated rings. The molecule has 0 spiro atoms. The van der Waals surface area contributed by atoms with E-state index in [1.54, 1.807) is 6.92 Å². The number of halogens is 1. The molecule has 0 bridgehead atoms. The Labute approximate surface area is 92.5 Å². The fourth-order valence-corrected chi connectivity index (χ4v) is 1.39. The average molecular weight is 222 g/mol. The number of rotatable bonds is 3. The number of phenolic OH excluding ortho intramolecular Hbond substituents is 1. The van der Waals surface area contributed by atoms with Crippen molar-refractivity contribution in [2.75, 3.05) is 0 Å². The van der Waals surface area contributed by atoms with E-state index < -0.39 is 17.7 Å². The molecule has 1 aromatic carbocycles. The van der Waals surface area contributed by atoms with Gasteiger partial charge < -0.3 is 10.2 Å². The van der Waals surface area contributed by atoms with Gasteiger partial charge in [0.1, 0.15) is 11.6 Å². The average Bonchev–Trinajstić information content (AvgIpc) is 2.16. The lowest BCUT2D eigenvalue weighted by molar-refractivity contribution is -0.137. The van der Waals surface area contributed by atoms with E-state index in [1.807, 2.05) is 0 Å². The second-order valence-corrected chi connectivity index (χ2v) is 3.25. The monoisotopic (exact) mass is 222 g/mol. The number of aromatic hydroxyl groups is 1.